The molecule has 0 spiro atoms. The molecule has 0 aromatic rings. The summed E-state index contributed by atoms with van der Waals surface area (Å²) in [5.41, 5.74) is 0. The van der Waals surface area contributed by atoms with Crippen LogP contribution in [0.3, 0.4) is 0 Å². The summed E-state index contributed by atoms with van der Waals surface area (Å²) < 4.78 is 25.2. The quantitative estimate of drug-likeness (QED) is 0.665. The van der Waals surface area contributed by atoms with Gasteiger partial charge in [0.25, 0.3) is 5.92 Å². The summed E-state index contributed by atoms with van der Waals surface area (Å²) in [6.45, 7) is 7.47. The Bertz CT molecular complexity index is 126. The minimum atomic E-state index is -2.41. The number of likely N-dealkylation sites (tertiary alicyclic amines) is 1. The van der Waals surface area contributed by atoms with Gasteiger partial charge in [-0.2, -0.15) is 0 Å². The Hall–Kier alpha value is -0.180. The van der Waals surface area contributed by atoms with Crippen LogP contribution in [0, 0.1) is 0 Å². The summed E-state index contributed by atoms with van der Waals surface area (Å²) in [5, 5.41) is 0. The maximum absolute atomic E-state index is 12.6. The van der Waals surface area contributed by atoms with Gasteiger partial charge in [0.2, 0.25) is 0 Å². The fourth-order valence-electron chi connectivity index (χ4n) is 1.38. The van der Waals surface area contributed by atoms with Gasteiger partial charge >= 0.3 is 0 Å². The van der Waals surface area contributed by atoms with Crippen molar-refractivity contribution in [2.24, 2.45) is 0 Å². The zero-order chi connectivity index (χ0) is 10.3. The third kappa shape index (κ3) is 5.19. The Morgan fingerprint density at radius 1 is 1.31 bits per heavy atom. The molecule has 0 saturated carbocycles. The number of alkyl halides is 2. The van der Waals surface area contributed by atoms with E-state index in [0.717, 1.165) is 19.4 Å². The highest BCUT2D eigenvalue weighted by atomic mass is 19.3. The van der Waals surface area contributed by atoms with Crippen LogP contribution in [0.25, 0.3) is 0 Å². The number of unbranched alkanes of at least 4 members (excludes halogenated alkanes) is 1. The van der Waals surface area contributed by atoms with Gasteiger partial charge in [0, 0.05) is 13.0 Å². The van der Waals surface area contributed by atoms with Crippen LogP contribution in [-0.4, -0.2) is 30.5 Å². The Labute approximate surface area is 80.1 Å². The molecule has 0 aromatic heterocycles. The van der Waals surface area contributed by atoms with Gasteiger partial charge in [-0.05, 0) is 13.0 Å². The fraction of sp³-hybridized carbons (Fsp3) is 1.00. The van der Waals surface area contributed by atoms with E-state index in [4.69, 9.17) is 0 Å². The Morgan fingerprint density at radius 2 is 1.92 bits per heavy atom. The van der Waals surface area contributed by atoms with Crippen LogP contribution in [0.15, 0.2) is 0 Å². The first-order valence-electron chi connectivity index (χ1n) is 5.24. The van der Waals surface area contributed by atoms with E-state index < -0.39 is 5.92 Å². The van der Waals surface area contributed by atoms with Gasteiger partial charge in [0.1, 0.15) is 0 Å². The van der Waals surface area contributed by atoms with Crippen LogP contribution in [0.5, 0.6) is 0 Å². The average molecular weight is 193 g/mol. The van der Waals surface area contributed by atoms with Crippen LogP contribution in [0.4, 0.5) is 8.78 Å². The maximum atomic E-state index is 12.6. The normalized spacial score (nSPS) is 21.0. The molecule has 0 bridgehead atoms. The monoisotopic (exact) mass is 193 g/mol. The summed E-state index contributed by atoms with van der Waals surface area (Å²) in [4.78, 5) is 1.85. The van der Waals surface area contributed by atoms with Gasteiger partial charge in [-0.25, -0.2) is 8.78 Å². The third-order valence-corrected chi connectivity index (χ3v) is 2.08. The van der Waals surface area contributed by atoms with Crippen molar-refractivity contribution < 1.29 is 8.78 Å². The van der Waals surface area contributed by atoms with Gasteiger partial charge in [-0.3, -0.25) is 4.90 Å². The fourth-order valence-corrected chi connectivity index (χ4v) is 1.38. The molecule has 0 atom stereocenters. The molecule has 1 heterocycles. The molecule has 3 heteroatoms. The molecule has 0 radical (unpaired) electrons. The van der Waals surface area contributed by atoms with Crippen LogP contribution in [0.1, 0.15) is 40.0 Å². The lowest BCUT2D eigenvalue weighted by atomic mass is 10.3. The molecule has 0 aliphatic carbocycles. The van der Waals surface area contributed by atoms with Gasteiger partial charge in [0.05, 0.1) is 6.54 Å². The second-order valence-electron chi connectivity index (χ2n) is 3.24. The lowest BCUT2D eigenvalue weighted by molar-refractivity contribution is 0.0121. The zero-order valence-corrected chi connectivity index (χ0v) is 8.95. The third-order valence-electron chi connectivity index (χ3n) is 2.08. The highest BCUT2D eigenvalue weighted by Crippen LogP contribution is 2.26. The second kappa shape index (κ2) is 6.30. The maximum Gasteiger partial charge on any atom is 0.261 e. The number of hydrogen-bond donors (Lipinski definition) is 0. The molecule has 13 heavy (non-hydrogen) atoms. The van der Waals surface area contributed by atoms with E-state index >= 15 is 0 Å². The van der Waals surface area contributed by atoms with Crippen molar-refractivity contribution in [2.75, 3.05) is 19.6 Å². The molecule has 1 rings (SSSR count). The lowest BCUT2D eigenvalue weighted by Gasteiger charge is -2.14. The summed E-state index contributed by atoms with van der Waals surface area (Å²) in [6, 6.07) is 0. The zero-order valence-electron chi connectivity index (χ0n) is 8.95. The molecular weight excluding hydrogens is 172 g/mol. The van der Waals surface area contributed by atoms with E-state index in [9.17, 15) is 8.78 Å². The van der Waals surface area contributed by atoms with Crippen LogP contribution in [0.2, 0.25) is 0 Å². The predicted molar refractivity (Wildman–Crippen MR) is 52.3 cm³/mol. The van der Waals surface area contributed by atoms with Gasteiger partial charge in [-0.1, -0.05) is 27.2 Å². The Kier molecular flexibility index (Phi) is 6.21. The van der Waals surface area contributed by atoms with Gasteiger partial charge in [0.15, 0.2) is 0 Å². The topological polar surface area (TPSA) is 3.24 Å². The van der Waals surface area contributed by atoms with Crippen molar-refractivity contribution in [3.8, 4) is 0 Å². The minimum absolute atomic E-state index is 0.0208. The smallest absolute Gasteiger partial charge is 0.261 e. The standard InChI is InChI=1S/C8H15F2N.C2H6/c1-2-3-5-11-6-4-8(9,10)7-11;1-2/h2-7H2,1H3;1-2H3. The highest BCUT2D eigenvalue weighted by molar-refractivity contribution is 4.81. The Morgan fingerprint density at radius 3 is 2.31 bits per heavy atom. The van der Waals surface area contributed by atoms with Crippen molar-refractivity contribution in [3.63, 3.8) is 0 Å². The second-order valence-corrected chi connectivity index (χ2v) is 3.24. The molecule has 0 unspecified atom stereocenters. The number of halogens is 2. The van der Waals surface area contributed by atoms with Gasteiger partial charge < -0.3 is 0 Å². The van der Waals surface area contributed by atoms with E-state index in [1.54, 1.807) is 0 Å². The van der Waals surface area contributed by atoms with Crippen molar-refractivity contribution in [1.82, 2.24) is 4.90 Å². The van der Waals surface area contributed by atoms with E-state index in [1.165, 1.54) is 0 Å². The SMILES string of the molecule is CC.CCCCN1CCC(F)(F)C1. The summed E-state index contributed by atoms with van der Waals surface area (Å²) in [7, 11) is 0. The average Bonchev–Trinajstić information content (AvgIpc) is 2.46. The molecular formula is C10H21F2N. The summed E-state index contributed by atoms with van der Waals surface area (Å²) >= 11 is 0. The molecule has 0 aromatic carbocycles. The number of rotatable bonds is 3. The molecule has 1 aliphatic heterocycles. The molecule has 1 fully saturated rings. The van der Waals surface area contributed by atoms with Crippen molar-refractivity contribution in [2.45, 2.75) is 46.0 Å². The van der Waals surface area contributed by atoms with Crippen molar-refractivity contribution in [3.05, 3.63) is 0 Å². The van der Waals surface area contributed by atoms with E-state index in [-0.39, 0.29) is 13.0 Å². The molecule has 1 saturated heterocycles. The molecule has 0 N–H and O–H groups in total. The number of hydrogen-bond acceptors (Lipinski definition) is 1. The summed E-state index contributed by atoms with van der Waals surface area (Å²) in [6.07, 6.45) is 2.18. The number of nitrogens with zero attached hydrogens (tertiary/aromatic N) is 1. The Balaban J connectivity index is 0.000000671. The molecule has 80 valence electrons. The molecule has 1 aliphatic rings. The first-order valence-corrected chi connectivity index (χ1v) is 5.24. The molecule has 1 nitrogen and oxygen atoms in total. The van der Waals surface area contributed by atoms with Crippen molar-refractivity contribution >= 4 is 0 Å². The highest BCUT2D eigenvalue weighted by Gasteiger charge is 2.37. The summed E-state index contributed by atoms with van der Waals surface area (Å²) in [5.74, 6) is -2.41. The van der Waals surface area contributed by atoms with Crippen LogP contribution >= 0.6 is 0 Å². The minimum Gasteiger partial charge on any atom is -0.297 e. The van der Waals surface area contributed by atoms with E-state index in [1.807, 2.05) is 18.7 Å². The predicted octanol–water partition coefficient (Wildman–Crippen LogP) is 3.15. The van der Waals surface area contributed by atoms with Crippen LogP contribution < -0.4 is 0 Å². The first-order chi connectivity index (χ1) is 6.14. The van der Waals surface area contributed by atoms with E-state index in [2.05, 4.69) is 6.92 Å². The van der Waals surface area contributed by atoms with Crippen LogP contribution in [-0.2, 0) is 0 Å². The first kappa shape index (κ1) is 12.8. The lowest BCUT2D eigenvalue weighted by Crippen LogP contribution is -2.26. The van der Waals surface area contributed by atoms with E-state index in [0.29, 0.717) is 6.54 Å². The largest absolute Gasteiger partial charge is 0.297 e. The van der Waals surface area contributed by atoms with Gasteiger partial charge in [-0.15, -0.1) is 0 Å². The van der Waals surface area contributed by atoms with Crippen molar-refractivity contribution in [1.29, 1.82) is 0 Å². The molecule has 0 amide bonds.